The monoisotopic (exact) mass is 666 g/mol. The van der Waals surface area contributed by atoms with E-state index in [4.69, 9.17) is 4.74 Å². The topological polar surface area (TPSA) is 151 Å². The van der Waals surface area contributed by atoms with Crippen molar-refractivity contribution in [1.29, 1.82) is 0 Å². The summed E-state index contributed by atoms with van der Waals surface area (Å²) in [6.07, 6.45) is 10.8. The molecule has 0 spiro atoms. The van der Waals surface area contributed by atoms with Crippen LogP contribution in [0.2, 0.25) is 0 Å². The smallest absolute Gasteiger partial charge is 0.305 e. The maximum absolute atomic E-state index is 13.1. The summed E-state index contributed by atoms with van der Waals surface area (Å²) >= 11 is 0.815. The summed E-state index contributed by atoms with van der Waals surface area (Å²) in [7, 11) is -3.66. The molecule has 1 saturated heterocycles. The van der Waals surface area contributed by atoms with Gasteiger partial charge in [-0.1, -0.05) is 75.3 Å². The predicted molar refractivity (Wildman–Crippen MR) is 176 cm³/mol. The van der Waals surface area contributed by atoms with Crippen LogP contribution >= 0.6 is 11.9 Å². The molecular weight excluding hydrogens is 617 g/mol. The van der Waals surface area contributed by atoms with Gasteiger partial charge in [-0.05, 0) is 51.2 Å². The average molecular weight is 667 g/mol. The zero-order valence-electron chi connectivity index (χ0n) is 26.6. The molecule has 4 atom stereocenters. The summed E-state index contributed by atoms with van der Waals surface area (Å²) in [5.41, 5.74) is 0.968. The highest BCUT2D eigenvalue weighted by atomic mass is 32.2. The minimum absolute atomic E-state index is 0.00498. The molecule has 45 heavy (non-hydrogen) atoms. The van der Waals surface area contributed by atoms with Crippen LogP contribution in [0.4, 0.5) is 0 Å². The van der Waals surface area contributed by atoms with Crippen LogP contribution in [-0.2, 0) is 24.3 Å². The van der Waals surface area contributed by atoms with Gasteiger partial charge in [-0.2, -0.15) is 4.31 Å². The predicted octanol–water partition coefficient (Wildman–Crippen LogP) is 5.88. The number of hydrogen-bond donors (Lipinski definition) is 2. The number of hydrogen-bond acceptors (Lipinski definition) is 10. The number of unbranched alkanes of at least 4 members (excludes halogenated alkanes) is 5. The zero-order valence-corrected chi connectivity index (χ0v) is 28.3. The Bertz CT molecular complexity index is 1230. The van der Waals surface area contributed by atoms with E-state index in [9.17, 15) is 33.1 Å². The van der Waals surface area contributed by atoms with Gasteiger partial charge in [-0.25, -0.2) is 8.42 Å². The number of carbonyl (C=O) groups excluding carboxylic acids is 2. The molecule has 252 valence electrons. The van der Waals surface area contributed by atoms with E-state index in [1.54, 1.807) is 30.3 Å². The summed E-state index contributed by atoms with van der Waals surface area (Å²) in [4.78, 5) is 36.4. The number of ether oxygens (including phenoxy) is 1. The second-order valence-corrected chi connectivity index (χ2v) is 15.7. The number of piperidine rings is 1. The van der Waals surface area contributed by atoms with Crippen LogP contribution in [0, 0.1) is 23.7 Å². The van der Waals surface area contributed by atoms with Crippen molar-refractivity contribution in [2.24, 2.45) is 16.4 Å². The highest BCUT2D eigenvalue weighted by Crippen LogP contribution is 2.39. The van der Waals surface area contributed by atoms with Crippen LogP contribution in [-0.4, -0.2) is 71.3 Å². The van der Waals surface area contributed by atoms with E-state index in [0.717, 1.165) is 56.0 Å². The van der Waals surface area contributed by atoms with Gasteiger partial charge >= 0.3 is 5.97 Å². The minimum atomic E-state index is -3.66. The minimum Gasteiger partial charge on any atom is -0.464 e. The highest BCUT2D eigenvalue weighted by Gasteiger charge is 2.42. The number of ketones is 1. The van der Waals surface area contributed by atoms with Crippen LogP contribution in [0.25, 0.3) is 0 Å². The molecule has 1 aliphatic heterocycles. The molecule has 1 saturated carbocycles. The third-order valence-corrected chi connectivity index (χ3v) is 12.0. The Kier molecular flexibility index (Phi) is 15.2. The Hall–Kier alpha value is -2.12. The number of nitroso groups, excluding NO2 is 1. The first-order valence-electron chi connectivity index (χ1n) is 16.3. The number of rotatable bonds is 19. The molecule has 2 fully saturated rings. The number of aliphatic hydroxyl groups excluding tert-OH is 2. The first-order valence-corrected chi connectivity index (χ1v) is 18.5. The molecule has 10 nitrogen and oxygen atoms in total. The van der Waals surface area contributed by atoms with E-state index in [1.807, 2.05) is 13.0 Å². The molecule has 1 aromatic carbocycles. The number of benzene rings is 1. The van der Waals surface area contributed by atoms with Crippen molar-refractivity contribution < 1.29 is 33.0 Å². The molecule has 2 N–H and O–H groups in total. The lowest BCUT2D eigenvalue weighted by Gasteiger charge is -2.38. The molecule has 3 rings (SSSR count). The van der Waals surface area contributed by atoms with Gasteiger partial charge in [-0.3, -0.25) is 9.59 Å². The number of Topliss-reactive ketones (excluding diaryl/α,β-unsaturated/α-hetero) is 1. The first-order chi connectivity index (χ1) is 21.5. The summed E-state index contributed by atoms with van der Waals surface area (Å²) in [6.45, 7) is 4.40. The lowest BCUT2D eigenvalue weighted by atomic mass is 9.88. The SMILES string of the molecule is CCCCC[C@H](O)C=C[C@H]1[C@H](O)CC(=O)[C@@H]1CCCCCCC(=O)OCC1(SN=O)CCN(S(=O)(=O)c2ccc(C)cc2)CC1. The second-order valence-electron chi connectivity index (χ2n) is 12.5. The van der Waals surface area contributed by atoms with Crippen LogP contribution in [0.5, 0.6) is 0 Å². The van der Waals surface area contributed by atoms with Crippen molar-refractivity contribution in [2.45, 2.75) is 119 Å². The normalized spacial score (nSPS) is 22.9. The molecule has 0 radical (unpaired) electrons. The maximum atomic E-state index is 13.1. The van der Waals surface area contributed by atoms with E-state index < -0.39 is 27.0 Å². The zero-order chi connectivity index (χ0) is 32.9. The van der Waals surface area contributed by atoms with Crippen LogP contribution in [0.3, 0.4) is 0 Å². The number of nitrogens with zero attached hydrogens (tertiary/aromatic N) is 2. The van der Waals surface area contributed by atoms with E-state index in [1.165, 1.54) is 4.31 Å². The van der Waals surface area contributed by atoms with E-state index in [2.05, 4.69) is 11.5 Å². The molecule has 0 amide bonds. The van der Waals surface area contributed by atoms with Crippen molar-refractivity contribution >= 4 is 33.7 Å². The maximum Gasteiger partial charge on any atom is 0.305 e. The number of sulfonamides is 1. The molecule has 1 aliphatic carbocycles. The standard InChI is InChI=1S/C33H50N2O8S2/c1-3-4-7-10-26(36)15-18-29-28(30(37)23-31(29)38)11-8-5-6-9-12-32(39)43-24-33(44-34-40)19-21-35(22-20-33)45(41,42)27-16-13-25(2)14-17-27/h13-18,26,28-29,31,36,38H,3-12,19-24H2,1-2H3/t26-,28+,29+,31+/m0/s1. The quantitative estimate of drug-likeness (QED) is 0.0607. The summed E-state index contributed by atoms with van der Waals surface area (Å²) in [5.74, 6) is -0.819. The van der Waals surface area contributed by atoms with Crippen molar-refractivity contribution in [3.05, 3.63) is 46.9 Å². The molecule has 0 aromatic heterocycles. The lowest BCUT2D eigenvalue weighted by Crippen LogP contribution is -2.47. The summed E-state index contributed by atoms with van der Waals surface area (Å²) in [6, 6.07) is 6.69. The molecule has 0 unspecified atom stereocenters. The highest BCUT2D eigenvalue weighted by molar-refractivity contribution is 7.99. The molecule has 0 bridgehead atoms. The summed E-state index contributed by atoms with van der Waals surface area (Å²) in [5, 5.41) is 20.6. The van der Waals surface area contributed by atoms with Crippen molar-refractivity contribution in [1.82, 2.24) is 4.31 Å². The van der Waals surface area contributed by atoms with Crippen molar-refractivity contribution in [3.8, 4) is 0 Å². The van der Waals surface area contributed by atoms with Gasteiger partial charge in [0.15, 0.2) is 0 Å². The molecule has 12 heteroatoms. The van der Waals surface area contributed by atoms with E-state index in [0.29, 0.717) is 32.1 Å². The fraction of sp³-hybridized carbons (Fsp3) is 0.697. The van der Waals surface area contributed by atoms with Crippen LogP contribution in [0.15, 0.2) is 45.9 Å². The number of aryl methyl sites for hydroxylation is 1. The third-order valence-electron chi connectivity index (χ3n) is 9.06. The molecular formula is C33H50N2O8S2. The van der Waals surface area contributed by atoms with Gasteiger partial charge < -0.3 is 14.9 Å². The Morgan fingerprint density at radius 3 is 2.49 bits per heavy atom. The summed E-state index contributed by atoms with van der Waals surface area (Å²) < 4.78 is 35.3. The molecule has 1 aromatic rings. The van der Waals surface area contributed by atoms with Gasteiger partial charge in [0.05, 0.1) is 21.9 Å². The van der Waals surface area contributed by atoms with Gasteiger partial charge in [0, 0.05) is 54.3 Å². The van der Waals surface area contributed by atoms with Crippen LogP contribution < -0.4 is 0 Å². The van der Waals surface area contributed by atoms with Crippen molar-refractivity contribution in [2.75, 3.05) is 19.7 Å². The van der Waals surface area contributed by atoms with Gasteiger partial charge in [0.2, 0.25) is 10.0 Å². The third kappa shape index (κ3) is 11.3. The largest absolute Gasteiger partial charge is 0.464 e. The number of esters is 1. The van der Waals surface area contributed by atoms with Crippen LogP contribution in [0.1, 0.15) is 96.0 Å². The fourth-order valence-electron chi connectivity index (χ4n) is 6.15. The fourth-order valence-corrected chi connectivity index (χ4v) is 8.23. The van der Waals surface area contributed by atoms with E-state index in [-0.39, 0.29) is 61.0 Å². The number of carbonyl (C=O) groups is 2. The van der Waals surface area contributed by atoms with Gasteiger partial charge in [0.1, 0.15) is 12.4 Å². The number of aliphatic hydroxyl groups is 2. The Labute approximate surface area is 272 Å². The second kappa shape index (κ2) is 18.3. The average Bonchev–Trinajstić information content (AvgIpc) is 3.28. The molecule has 1 heterocycles. The van der Waals surface area contributed by atoms with Gasteiger partial charge in [0.25, 0.3) is 0 Å². The van der Waals surface area contributed by atoms with Gasteiger partial charge in [-0.15, -0.1) is 4.91 Å². The Morgan fingerprint density at radius 2 is 1.82 bits per heavy atom. The Morgan fingerprint density at radius 1 is 1.13 bits per heavy atom. The molecule has 2 aliphatic rings. The van der Waals surface area contributed by atoms with Crippen molar-refractivity contribution in [3.63, 3.8) is 0 Å². The van der Waals surface area contributed by atoms with E-state index >= 15 is 0 Å². The lowest BCUT2D eigenvalue weighted by molar-refractivity contribution is -0.145. The Balaban J connectivity index is 1.36. The first kappa shape index (κ1) is 37.3.